The zero-order valence-corrected chi connectivity index (χ0v) is 21.8. The van der Waals surface area contributed by atoms with E-state index in [9.17, 15) is 0 Å². The first-order valence-corrected chi connectivity index (χ1v) is 13.5. The summed E-state index contributed by atoms with van der Waals surface area (Å²) in [5.41, 5.74) is 7.46. The highest BCUT2D eigenvalue weighted by atomic mass is 14.9. The van der Waals surface area contributed by atoms with Crippen LogP contribution >= 0.6 is 0 Å². The van der Waals surface area contributed by atoms with E-state index in [2.05, 4.69) is 101 Å². The number of rotatable bonds is 7. The number of allylic oxidation sites excluding steroid dienone is 2. The van der Waals surface area contributed by atoms with E-state index < -0.39 is 0 Å². The fraction of sp³-hybridized carbons (Fsp3) is 0.273. The molecule has 4 aromatic rings. The third-order valence-electron chi connectivity index (χ3n) is 7.63. The van der Waals surface area contributed by atoms with Crippen LogP contribution in [0.15, 0.2) is 67.8 Å². The molecule has 0 unspecified atom stereocenters. The summed E-state index contributed by atoms with van der Waals surface area (Å²) in [5.74, 6) is 0. The molecule has 1 aromatic heterocycles. The largest absolute Gasteiger partial charge is 0.392 e. The first-order chi connectivity index (χ1) is 17.7. The molecule has 2 heterocycles. The smallest absolute Gasteiger partial charge is 0.290 e. The van der Waals surface area contributed by atoms with Crippen LogP contribution < -0.4 is 15.9 Å². The number of aromatic nitrogens is 1. The van der Waals surface area contributed by atoms with Crippen molar-refractivity contribution in [1.82, 2.24) is 4.48 Å². The highest BCUT2D eigenvalue weighted by molar-refractivity contribution is 6.53. The van der Waals surface area contributed by atoms with E-state index in [1.807, 2.05) is 12.2 Å². The van der Waals surface area contributed by atoms with Crippen LogP contribution in [0.3, 0.4) is 0 Å². The maximum Gasteiger partial charge on any atom is 0.290 e. The van der Waals surface area contributed by atoms with Gasteiger partial charge >= 0.3 is 0 Å². The monoisotopic (exact) mass is 467 g/mol. The molecule has 1 aliphatic rings. The molecule has 1 aliphatic heterocycles. The van der Waals surface area contributed by atoms with Crippen molar-refractivity contribution in [3.8, 4) is 0 Å². The number of benzene rings is 3. The Morgan fingerprint density at radius 3 is 2.39 bits per heavy atom. The van der Waals surface area contributed by atoms with Crippen molar-refractivity contribution in [2.24, 2.45) is 0 Å². The SMILES string of the molecule is C=C/C=c1\c(=C/C=C)c2cc([B]n3c4c(c(CC)c3CCC)CCC[B]C4)ccc2c2ccccc12. The summed E-state index contributed by atoms with van der Waals surface area (Å²) in [7, 11) is 4.87. The van der Waals surface area contributed by atoms with Gasteiger partial charge in [-0.2, -0.15) is 0 Å². The highest BCUT2D eigenvalue weighted by Gasteiger charge is 2.23. The van der Waals surface area contributed by atoms with Gasteiger partial charge in [-0.25, -0.2) is 0 Å². The first kappa shape index (κ1) is 24.5. The number of fused-ring (bicyclic) bond motifs is 4. The third kappa shape index (κ3) is 4.30. The third-order valence-corrected chi connectivity index (χ3v) is 7.63. The fourth-order valence-corrected chi connectivity index (χ4v) is 6.15. The Bertz CT molecular complexity index is 1570. The molecule has 0 fully saturated rings. The Labute approximate surface area is 217 Å². The van der Waals surface area contributed by atoms with Crippen molar-refractivity contribution in [3.63, 3.8) is 0 Å². The fourth-order valence-electron chi connectivity index (χ4n) is 6.15. The second kappa shape index (κ2) is 10.8. The average Bonchev–Trinajstić information content (AvgIpc) is 3.02. The molecule has 178 valence electrons. The van der Waals surface area contributed by atoms with Crippen molar-refractivity contribution < 1.29 is 0 Å². The van der Waals surface area contributed by atoms with Gasteiger partial charge in [-0.05, 0) is 68.7 Å². The van der Waals surface area contributed by atoms with Gasteiger partial charge in [0, 0.05) is 11.4 Å². The summed E-state index contributed by atoms with van der Waals surface area (Å²) in [4.78, 5) is 0. The van der Waals surface area contributed by atoms with Gasteiger partial charge in [0.05, 0.1) is 0 Å². The molecule has 5 rings (SSSR count). The number of hydrogen-bond donors (Lipinski definition) is 0. The maximum absolute atomic E-state index is 4.02. The standard InChI is InChI=1S/C33H35B2N/c1-5-12-25-26(13-6-2)31-21-23(18-19-29(31)28-16-10-9-15-27(25)28)35-36-32(14-7-3)24(8-4)30-17-11-20-34-22-33(30)36/h5-6,9-10,12-13,15-16,18-19,21H,1-2,7-8,11,14,17,20,22H2,3-4H3/b25-12+,26-13+. The minimum absolute atomic E-state index is 1.06. The van der Waals surface area contributed by atoms with Crippen LogP contribution in [0.25, 0.3) is 33.7 Å². The molecule has 36 heavy (non-hydrogen) atoms. The van der Waals surface area contributed by atoms with Gasteiger partial charge in [0.1, 0.15) is 7.28 Å². The molecule has 0 saturated heterocycles. The predicted octanol–water partition coefficient (Wildman–Crippen LogP) is 5.60. The van der Waals surface area contributed by atoms with Crippen molar-refractivity contribution in [2.75, 3.05) is 0 Å². The van der Waals surface area contributed by atoms with Gasteiger partial charge in [-0.3, -0.25) is 0 Å². The molecule has 3 heteroatoms. The Balaban J connectivity index is 1.75. The minimum Gasteiger partial charge on any atom is -0.392 e. The van der Waals surface area contributed by atoms with Gasteiger partial charge in [-0.1, -0.05) is 118 Å². The summed E-state index contributed by atoms with van der Waals surface area (Å²) < 4.78 is 2.55. The lowest BCUT2D eigenvalue weighted by Gasteiger charge is -2.15. The molecular formula is C33H35B2N. The predicted molar refractivity (Wildman–Crippen MR) is 161 cm³/mol. The molecule has 2 radical (unpaired) electrons. The zero-order chi connectivity index (χ0) is 25.1. The van der Waals surface area contributed by atoms with Crippen molar-refractivity contribution in [3.05, 3.63) is 101 Å². The van der Waals surface area contributed by atoms with E-state index in [1.54, 1.807) is 11.1 Å². The van der Waals surface area contributed by atoms with Crippen molar-refractivity contribution in [1.29, 1.82) is 0 Å². The molecule has 0 bridgehead atoms. The molecule has 0 spiro atoms. The Morgan fingerprint density at radius 1 is 0.944 bits per heavy atom. The molecule has 0 N–H and O–H groups in total. The number of nitrogens with zero attached hydrogens (tertiary/aromatic N) is 1. The van der Waals surface area contributed by atoms with Gasteiger partial charge in [0.2, 0.25) is 0 Å². The lowest BCUT2D eigenvalue weighted by molar-refractivity contribution is 0.843. The van der Waals surface area contributed by atoms with Crippen LogP contribution in [0, 0.1) is 0 Å². The molecule has 0 aliphatic carbocycles. The van der Waals surface area contributed by atoms with Crippen molar-refractivity contribution in [2.45, 2.75) is 58.6 Å². The summed E-state index contributed by atoms with van der Waals surface area (Å²) in [6.07, 6.45) is 16.2. The van der Waals surface area contributed by atoms with E-state index in [4.69, 9.17) is 0 Å². The molecule has 3 aromatic carbocycles. The van der Waals surface area contributed by atoms with Crippen LogP contribution in [-0.2, 0) is 25.6 Å². The summed E-state index contributed by atoms with van der Waals surface area (Å²) >= 11 is 0. The van der Waals surface area contributed by atoms with Gasteiger partial charge in [0.25, 0.3) is 7.41 Å². The summed E-state index contributed by atoms with van der Waals surface area (Å²) in [6, 6.07) is 15.6. The van der Waals surface area contributed by atoms with Crippen LogP contribution in [0.1, 0.15) is 49.2 Å². The van der Waals surface area contributed by atoms with E-state index in [-0.39, 0.29) is 0 Å². The minimum atomic E-state index is 1.06. The van der Waals surface area contributed by atoms with Gasteiger partial charge < -0.3 is 4.48 Å². The van der Waals surface area contributed by atoms with E-state index >= 15 is 0 Å². The molecule has 0 atom stereocenters. The Kier molecular flexibility index (Phi) is 7.37. The van der Waals surface area contributed by atoms with Crippen LogP contribution in [-0.4, -0.2) is 19.2 Å². The molecule has 1 nitrogen and oxygen atoms in total. The van der Waals surface area contributed by atoms with Gasteiger partial charge in [0.15, 0.2) is 0 Å². The Hall–Kier alpha value is -3.19. The molecular weight excluding hydrogens is 432 g/mol. The number of hydrogen-bond acceptors (Lipinski definition) is 0. The van der Waals surface area contributed by atoms with E-state index in [0.29, 0.717) is 0 Å². The van der Waals surface area contributed by atoms with Crippen molar-refractivity contribution >= 4 is 53.9 Å². The second-order valence-corrected chi connectivity index (χ2v) is 9.82. The normalized spacial score (nSPS) is 14.5. The first-order valence-electron chi connectivity index (χ1n) is 13.5. The molecule has 0 amide bonds. The van der Waals surface area contributed by atoms with Crippen LogP contribution in [0.4, 0.5) is 0 Å². The van der Waals surface area contributed by atoms with Crippen LogP contribution in [0.2, 0.25) is 6.32 Å². The average molecular weight is 467 g/mol. The summed E-state index contributed by atoms with van der Waals surface area (Å²) in [5, 5.41) is 7.47. The topological polar surface area (TPSA) is 4.93 Å². The quantitative estimate of drug-likeness (QED) is 0.246. The Morgan fingerprint density at radius 2 is 1.67 bits per heavy atom. The molecule has 0 saturated carbocycles. The second-order valence-electron chi connectivity index (χ2n) is 9.82. The lowest BCUT2D eigenvalue weighted by Crippen LogP contribution is -2.30. The highest BCUT2D eigenvalue weighted by Crippen LogP contribution is 2.29. The van der Waals surface area contributed by atoms with E-state index in [0.717, 1.165) is 25.6 Å². The maximum atomic E-state index is 4.02. The van der Waals surface area contributed by atoms with Crippen LogP contribution in [0.5, 0.6) is 0 Å². The van der Waals surface area contributed by atoms with E-state index in [1.165, 1.54) is 68.0 Å². The zero-order valence-electron chi connectivity index (χ0n) is 21.8. The van der Waals surface area contributed by atoms with Gasteiger partial charge in [-0.15, -0.1) is 0 Å². The summed E-state index contributed by atoms with van der Waals surface area (Å²) in [6.45, 7) is 12.6. The lowest BCUT2D eigenvalue weighted by atomic mass is 9.69.